The van der Waals surface area contributed by atoms with E-state index in [1.54, 1.807) is 16.8 Å². The minimum Gasteiger partial charge on any atom is -0.147 e. The van der Waals surface area contributed by atoms with E-state index in [1.165, 1.54) is 12.8 Å². The minimum atomic E-state index is 0.218. The fourth-order valence-corrected chi connectivity index (χ4v) is 1.91. The molecule has 0 atom stereocenters. The summed E-state index contributed by atoms with van der Waals surface area (Å²) in [6.45, 7) is 6.64. The second-order valence-corrected chi connectivity index (χ2v) is 4.21. The van der Waals surface area contributed by atoms with Gasteiger partial charge in [-0.1, -0.05) is 27.2 Å². The Morgan fingerprint density at radius 3 is 2.73 bits per heavy atom. The van der Waals surface area contributed by atoms with Crippen molar-refractivity contribution in [2.75, 3.05) is 0 Å². The number of aromatic nitrogens is 2. The van der Waals surface area contributed by atoms with Crippen molar-refractivity contribution in [3.63, 3.8) is 0 Å². The highest BCUT2D eigenvalue weighted by Gasteiger charge is 2.22. The van der Waals surface area contributed by atoms with Gasteiger partial charge in [0, 0.05) is 5.41 Å². The van der Waals surface area contributed by atoms with Crippen LogP contribution in [0.2, 0.25) is 0 Å². The quantitative estimate of drug-likeness (QED) is 0.697. The van der Waals surface area contributed by atoms with Gasteiger partial charge in [-0.05, 0) is 6.42 Å². The van der Waals surface area contributed by atoms with Gasteiger partial charge in [-0.25, -0.2) is 0 Å². The van der Waals surface area contributed by atoms with E-state index in [0.717, 1.165) is 5.01 Å². The van der Waals surface area contributed by atoms with Crippen LogP contribution in [-0.2, 0) is 5.41 Å². The average molecular weight is 170 g/mol. The molecular formula is C8H14N2S. The summed E-state index contributed by atoms with van der Waals surface area (Å²) in [5, 5.41) is 9.07. The first kappa shape index (κ1) is 8.65. The van der Waals surface area contributed by atoms with E-state index in [9.17, 15) is 0 Å². The summed E-state index contributed by atoms with van der Waals surface area (Å²) < 4.78 is 0. The Labute approximate surface area is 71.7 Å². The molecule has 0 N–H and O–H groups in total. The number of hydrogen-bond donors (Lipinski definition) is 0. The van der Waals surface area contributed by atoms with Gasteiger partial charge in [0.25, 0.3) is 0 Å². The van der Waals surface area contributed by atoms with Gasteiger partial charge in [0.2, 0.25) is 0 Å². The van der Waals surface area contributed by atoms with Gasteiger partial charge < -0.3 is 0 Å². The molecular weight excluding hydrogens is 156 g/mol. The minimum absolute atomic E-state index is 0.218. The lowest BCUT2D eigenvalue weighted by atomic mass is 9.89. The first-order chi connectivity index (χ1) is 5.17. The summed E-state index contributed by atoms with van der Waals surface area (Å²) in [4.78, 5) is 0. The summed E-state index contributed by atoms with van der Waals surface area (Å²) in [7, 11) is 0. The van der Waals surface area contributed by atoms with Crippen molar-refractivity contribution in [2.24, 2.45) is 0 Å². The maximum Gasteiger partial charge on any atom is 0.122 e. The Bertz CT molecular complexity index is 204. The molecule has 1 aromatic rings. The van der Waals surface area contributed by atoms with E-state index in [4.69, 9.17) is 0 Å². The van der Waals surface area contributed by atoms with Gasteiger partial charge >= 0.3 is 0 Å². The monoisotopic (exact) mass is 170 g/mol. The molecule has 1 aromatic heterocycles. The molecule has 62 valence electrons. The summed E-state index contributed by atoms with van der Waals surface area (Å²) >= 11 is 1.65. The highest BCUT2D eigenvalue weighted by atomic mass is 32.1. The Hall–Kier alpha value is -0.440. The molecule has 0 amide bonds. The smallest absolute Gasteiger partial charge is 0.122 e. The third-order valence-electron chi connectivity index (χ3n) is 1.81. The highest BCUT2D eigenvalue weighted by Crippen LogP contribution is 2.28. The van der Waals surface area contributed by atoms with E-state index in [1.807, 2.05) is 0 Å². The van der Waals surface area contributed by atoms with Gasteiger partial charge in [0.1, 0.15) is 10.5 Å². The molecule has 0 saturated carbocycles. The van der Waals surface area contributed by atoms with Gasteiger partial charge in [-0.3, -0.25) is 0 Å². The number of hydrogen-bond acceptors (Lipinski definition) is 3. The predicted octanol–water partition coefficient (Wildman–Crippen LogP) is 2.62. The van der Waals surface area contributed by atoms with Gasteiger partial charge in [-0.2, -0.15) is 0 Å². The molecule has 0 aliphatic rings. The van der Waals surface area contributed by atoms with Gasteiger partial charge in [0.05, 0.1) is 0 Å². The first-order valence-corrected chi connectivity index (χ1v) is 4.81. The molecule has 3 heteroatoms. The summed E-state index contributed by atoms with van der Waals surface area (Å²) in [5.74, 6) is 0. The zero-order chi connectivity index (χ0) is 8.32. The Morgan fingerprint density at radius 1 is 1.55 bits per heavy atom. The van der Waals surface area contributed by atoms with Crippen LogP contribution in [0.15, 0.2) is 5.51 Å². The lowest BCUT2D eigenvalue weighted by Gasteiger charge is -2.19. The molecule has 0 radical (unpaired) electrons. The van der Waals surface area contributed by atoms with Crippen molar-refractivity contribution in [3.05, 3.63) is 10.5 Å². The van der Waals surface area contributed by atoms with Crippen molar-refractivity contribution < 1.29 is 0 Å². The molecule has 0 aliphatic heterocycles. The highest BCUT2D eigenvalue weighted by molar-refractivity contribution is 7.09. The molecule has 0 aromatic carbocycles. The third kappa shape index (κ3) is 1.99. The van der Waals surface area contributed by atoms with Crippen LogP contribution in [0.25, 0.3) is 0 Å². The second-order valence-electron chi connectivity index (χ2n) is 3.38. The summed E-state index contributed by atoms with van der Waals surface area (Å²) in [6.07, 6.45) is 2.38. The average Bonchev–Trinajstić information content (AvgIpc) is 2.37. The maximum absolute atomic E-state index is 4.08. The number of rotatable bonds is 3. The summed E-state index contributed by atoms with van der Waals surface area (Å²) in [6, 6.07) is 0. The van der Waals surface area contributed by atoms with Crippen molar-refractivity contribution in [3.8, 4) is 0 Å². The first-order valence-electron chi connectivity index (χ1n) is 3.93. The number of nitrogens with zero attached hydrogens (tertiary/aromatic N) is 2. The van der Waals surface area contributed by atoms with Crippen molar-refractivity contribution in [1.82, 2.24) is 10.2 Å². The van der Waals surface area contributed by atoms with Gasteiger partial charge in [0.15, 0.2) is 0 Å². The van der Waals surface area contributed by atoms with Crippen molar-refractivity contribution in [2.45, 2.75) is 39.0 Å². The van der Waals surface area contributed by atoms with E-state index < -0.39 is 0 Å². The van der Waals surface area contributed by atoms with Gasteiger partial charge in [-0.15, -0.1) is 21.5 Å². The van der Waals surface area contributed by atoms with Crippen LogP contribution in [0.4, 0.5) is 0 Å². The van der Waals surface area contributed by atoms with E-state index in [0.29, 0.717) is 0 Å². The van der Waals surface area contributed by atoms with Crippen LogP contribution >= 0.6 is 11.3 Å². The molecule has 1 heterocycles. The standard InChI is InChI=1S/C8H14N2S/c1-4-5-8(2,3)7-10-9-6-11-7/h6H,4-5H2,1-3H3. The second kappa shape index (κ2) is 3.30. The zero-order valence-electron chi connectivity index (χ0n) is 7.29. The molecule has 0 spiro atoms. The molecule has 1 rings (SSSR count). The van der Waals surface area contributed by atoms with E-state index in [-0.39, 0.29) is 5.41 Å². The SMILES string of the molecule is CCCC(C)(C)c1nncs1. The van der Waals surface area contributed by atoms with Crippen molar-refractivity contribution >= 4 is 11.3 Å². The lowest BCUT2D eigenvalue weighted by Crippen LogP contribution is -2.16. The predicted molar refractivity (Wildman–Crippen MR) is 47.8 cm³/mol. The Kier molecular flexibility index (Phi) is 2.60. The maximum atomic E-state index is 4.08. The van der Waals surface area contributed by atoms with Crippen LogP contribution in [-0.4, -0.2) is 10.2 Å². The molecule has 0 unspecified atom stereocenters. The Morgan fingerprint density at radius 2 is 2.27 bits per heavy atom. The lowest BCUT2D eigenvalue weighted by molar-refractivity contribution is 0.467. The normalized spacial score (nSPS) is 11.9. The molecule has 0 saturated heterocycles. The molecule has 2 nitrogen and oxygen atoms in total. The van der Waals surface area contributed by atoms with Crippen LogP contribution in [0.3, 0.4) is 0 Å². The largest absolute Gasteiger partial charge is 0.147 e. The fourth-order valence-electron chi connectivity index (χ4n) is 1.20. The Balaban J connectivity index is 2.73. The van der Waals surface area contributed by atoms with E-state index in [2.05, 4.69) is 31.0 Å². The van der Waals surface area contributed by atoms with Crippen LogP contribution in [0.1, 0.15) is 38.6 Å². The third-order valence-corrected chi connectivity index (χ3v) is 2.87. The topological polar surface area (TPSA) is 25.8 Å². The molecule has 0 aliphatic carbocycles. The van der Waals surface area contributed by atoms with Crippen LogP contribution in [0.5, 0.6) is 0 Å². The van der Waals surface area contributed by atoms with Crippen LogP contribution < -0.4 is 0 Å². The molecule has 0 bridgehead atoms. The zero-order valence-corrected chi connectivity index (χ0v) is 8.11. The molecule has 0 fully saturated rings. The fraction of sp³-hybridized carbons (Fsp3) is 0.750. The summed E-state index contributed by atoms with van der Waals surface area (Å²) in [5.41, 5.74) is 2.02. The van der Waals surface area contributed by atoms with Crippen LogP contribution in [0, 0.1) is 0 Å². The molecule has 11 heavy (non-hydrogen) atoms. The van der Waals surface area contributed by atoms with E-state index >= 15 is 0 Å². The van der Waals surface area contributed by atoms with Crippen molar-refractivity contribution in [1.29, 1.82) is 0 Å².